The summed E-state index contributed by atoms with van der Waals surface area (Å²) in [7, 11) is 0. The quantitative estimate of drug-likeness (QED) is 0.836. The molecule has 2 unspecified atom stereocenters. The SMILES string of the molecule is CCCC(C)(N)C(=O)NC(Cc1ccccc1)C(F)(F)F.Cl. The van der Waals surface area contributed by atoms with Gasteiger partial charge >= 0.3 is 6.18 Å². The number of benzene rings is 1. The summed E-state index contributed by atoms with van der Waals surface area (Å²) in [5.41, 5.74) is 4.99. The maximum Gasteiger partial charge on any atom is 0.408 e. The standard InChI is InChI=1S/C15H21F3N2O.ClH/c1-3-9-14(2,19)13(21)20-12(15(16,17)18)10-11-7-5-4-6-8-11;/h4-8,12H,3,9-10,19H2,1-2H3,(H,20,21);1H. The monoisotopic (exact) mass is 338 g/mol. The number of hydrogen-bond acceptors (Lipinski definition) is 2. The molecule has 1 rings (SSSR count). The van der Waals surface area contributed by atoms with Crippen molar-refractivity contribution in [2.45, 2.75) is 50.9 Å². The van der Waals surface area contributed by atoms with Gasteiger partial charge in [-0.1, -0.05) is 43.7 Å². The lowest BCUT2D eigenvalue weighted by atomic mass is 9.95. The van der Waals surface area contributed by atoms with Gasteiger partial charge in [-0.3, -0.25) is 4.79 Å². The minimum Gasteiger partial charge on any atom is -0.343 e. The summed E-state index contributed by atoms with van der Waals surface area (Å²) in [6, 6.07) is 6.30. The highest BCUT2D eigenvalue weighted by Gasteiger charge is 2.42. The zero-order chi connectivity index (χ0) is 16.1. The lowest BCUT2D eigenvalue weighted by Crippen LogP contribution is -2.57. The van der Waals surface area contributed by atoms with Crippen LogP contribution in [0.15, 0.2) is 30.3 Å². The normalized spacial score (nSPS) is 15.4. The van der Waals surface area contributed by atoms with Crippen molar-refractivity contribution in [3.63, 3.8) is 0 Å². The predicted molar refractivity (Wildman–Crippen MR) is 82.9 cm³/mol. The summed E-state index contributed by atoms with van der Waals surface area (Å²) >= 11 is 0. The molecule has 0 aromatic heterocycles. The van der Waals surface area contributed by atoms with Crippen LogP contribution in [0.2, 0.25) is 0 Å². The van der Waals surface area contributed by atoms with E-state index in [-0.39, 0.29) is 18.8 Å². The molecule has 1 aromatic rings. The van der Waals surface area contributed by atoms with E-state index in [0.717, 1.165) is 0 Å². The predicted octanol–water partition coefficient (Wildman–Crippen LogP) is 3.22. The molecule has 0 saturated heterocycles. The van der Waals surface area contributed by atoms with Gasteiger partial charge in [0.2, 0.25) is 5.91 Å². The van der Waals surface area contributed by atoms with Crippen LogP contribution in [0, 0.1) is 0 Å². The Balaban J connectivity index is 0.00000441. The molecule has 2 atom stereocenters. The van der Waals surface area contributed by atoms with Crippen LogP contribution in [0.5, 0.6) is 0 Å². The topological polar surface area (TPSA) is 55.1 Å². The van der Waals surface area contributed by atoms with E-state index in [2.05, 4.69) is 0 Å². The van der Waals surface area contributed by atoms with Crippen molar-refractivity contribution in [3.8, 4) is 0 Å². The summed E-state index contributed by atoms with van der Waals surface area (Å²) in [6.45, 7) is 3.27. The molecule has 0 spiro atoms. The second kappa shape index (κ2) is 8.39. The Morgan fingerprint density at radius 2 is 1.82 bits per heavy atom. The van der Waals surface area contributed by atoms with Gasteiger partial charge in [0.05, 0.1) is 5.54 Å². The Kier molecular flexibility index (Phi) is 7.90. The molecule has 126 valence electrons. The smallest absolute Gasteiger partial charge is 0.343 e. The molecule has 3 nitrogen and oxygen atoms in total. The van der Waals surface area contributed by atoms with E-state index in [0.29, 0.717) is 18.4 Å². The molecule has 0 aliphatic rings. The summed E-state index contributed by atoms with van der Waals surface area (Å²) in [5, 5.41) is 2.04. The Morgan fingerprint density at radius 1 is 1.27 bits per heavy atom. The summed E-state index contributed by atoms with van der Waals surface area (Å²) in [6.07, 6.45) is -3.88. The molecule has 0 fully saturated rings. The second-order valence-electron chi connectivity index (χ2n) is 5.42. The van der Waals surface area contributed by atoms with E-state index < -0.39 is 23.7 Å². The maximum absolute atomic E-state index is 13.1. The van der Waals surface area contributed by atoms with E-state index in [1.807, 2.05) is 12.2 Å². The minimum atomic E-state index is -4.52. The molecule has 3 N–H and O–H groups in total. The van der Waals surface area contributed by atoms with Crippen LogP contribution in [0.4, 0.5) is 13.2 Å². The molecular weight excluding hydrogens is 317 g/mol. The molecule has 0 aliphatic heterocycles. The van der Waals surface area contributed by atoms with Crippen LogP contribution in [0.3, 0.4) is 0 Å². The summed E-state index contributed by atoms with van der Waals surface area (Å²) < 4.78 is 39.3. The van der Waals surface area contributed by atoms with E-state index in [4.69, 9.17) is 5.73 Å². The molecule has 7 heteroatoms. The van der Waals surface area contributed by atoms with Gasteiger partial charge in [0.1, 0.15) is 6.04 Å². The van der Waals surface area contributed by atoms with Crippen LogP contribution in [-0.2, 0) is 11.2 Å². The first-order valence-corrected chi connectivity index (χ1v) is 6.87. The molecule has 1 aromatic carbocycles. The number of amides is 1. The first-order chi connectivity index (χ1) is 9.66. The van der Waals surface area contributed by atoms with E-state index in [9.17, 15) is 18.0 Å². The van der Waals surface area contributed by atoms with E-state index in [1.165, 1.54) is 6.92 Å². The van der Waals surface area contributed by atoms with Gasteiger partial charge in [-0.05, 0) is 18.9 Å². The number of carbonyl (C=O) groups excluding carboxylic acids is 1. The van der Waals surface area contributed by atoms with Gasteiger partial charge in [0.15, 0.2) is 0 Å². The largest absolute Gasteiger partial charge is 0.408 e. The van der Waals surface area contributed by atoms with Crippen LogP contribution < -0.4 is 11.1 Å². The third kappa shape index (κ3) is 6.23. The second-order valence-corrected chi connectivity index (χ2v) is 5.42. The third-order valence-electron chi connectivity index (χ3n) is 3.27. The zero-order valence-electron chi connectivity index (χ0n) is 12.6. The van der Waals surface area contributed by atoms with Crippen molar-refractivity contribution < 1.29 is 18.0 Å². The lowest BCUT2D eigenvalue weighted by Gasteiger charge is -2.28. The molecule has 0 radical (unpaired) electrons. The summed E-state index contributed by atoms with van der Waals surface area (Å²) in [5.74, 6) is -0.775. The molecule has 0 saturated carbocycles. The number of halogens is 4. The number of hydrogen-bond donors (Lipinski definition) is 2. The third-order valence-corrected chi connectivity index (χ3v) is 3.27. The fourth-order valence-corrected chi connectivity index (χ4v) is 2.05. The number of rotatable bonds is 6. The van der Waals surface area contributed by atoms with Crippen molar-refractivity contribution in [1.82, 2.24) is 5.32 Å². The number of nitrogens with two attached hydrogens (primary N) is 1. The molecular formula is C15H22ClF3N2O. The van der Waals surface area contributed by atoms with Crippen molar-refractivity contribution >= 4 is 18.3 Å². The number of carbonyl (C=O) groups is 1. The molecule has 0 aliphatic carbocycles. The average molecular weight is 339 g/mol. The highest BCUT2D eigenvalue weighted by molar-refractivity contribution is 5.86. The van der Waals surface area contributed by atoms with Gasteiger partial charge in [0.25, 0.3) is 0 Å². The highest BCUT2D eigenvalue weighted by atomic mass is 35.5. The highest BCUT2D eigenvalue weighted by Crippen LogP contribution is 2.24. The first kappa shape index (κ1) is 20.7. The van der Waals surface area contributed by atoms with Gasteiger partial charge in [-0.15, -0.1) is 12.4 Å². The fraction of sp³-hybridized carbons (Fsp3) is 0.533. The Labute approximate surface area is 134 Å². The Bertz CT molecular complexity index is 464. The average Bonchev–Trinajstić information content (AvgIpc) is 2.38. The molecule has 1 amide bonds. The van der Waals surface area contributed by atoms with Crippen LogP contribution in [0.25, 0.3) is 0 Å². The first-order valence-electron chi connectivity index (χ1n) is 6.87. The Hall–Kier alpha value is -1.27. The zero-order valence-corrected chi connectivity index (χ0v) is 13.4. The molecule has 0 heterocycles. The summed E-state index contributed by atoms with van der Waals surface area (Å²) in [4.78, 5) is 12.0. The van der Waals surface area contributed by atoms with Gasteiger partial charge < -0.3 is 11.1 Å². The Morgan fingerprint density at radius 3 is 2.27 bits per heavy atom. The van der Waals surface area contributed by atoms with E-state index in [1.54, 1.807) is 30.3 Å². The minimum absolute atomic E-state index is 0. The van der Waals surface area contributed by atoms with Crippen LogP contribution in [0.1, 0.15) is 32.3 Å². The maximum atomic E-state index is 13.1. The van der Waals surface area contributed by atoms with Crippen molar-refractivity contribution in [2.75, 3.05) is 0 Å². The molecule has 22 heavy (non-hydrogen) atoms. The molecule has 0 bridgehead atoms. The number of alkyl halides is 3. The van der Waals surface area contributed by atoms with Gasteiger partial charge in [0, 0.05) is 6.42 Å². The van der Waals surface area contributed by atoms with Crippen molar-refractivity contribution in [1.29, 1.82) is 0 Å². The van der Waals surface area contributed by atoms with Crippen molar-refractivity contribution in [3.05, 3.63) is 35.9 Å². The van der Waals surface area contributed by atoms with Crippen LogP contribution >= 0.6 is 12.4 Å². The number of nitrogens with one attached hydrogen (secondary N) is 1. The van der Waals surface area contributed by atoms with E-state index >= 15 is 0 Å². The lowest BCUT2D eigenvalue weighted by molar-refractivity contribution is -0.163. The fourth-order valence-electron chi connectivity index (χ4n) is 2.05. The van der Waals surface area contributed by atoms with Crippen molar-refractivity contribution in [2.24, 2.45) is 5.73 Å². The van der Waals surface area contributed by atoms with Gasteiger partial charge in [-0.2, -0.15) is 13.2 Å². The van der Waals surface area contributed by atoms with Crippen LogP contribution in [-0.4, -0.2) is 23.7 Å². The van der Waals surface area contributed by atoms with Gasteiger partial charge in [-0.25, -0.2) is 0 Å².